The third-order valence-corrected chi connectivity index (χ3v) is 4.59. The fraction of sp³-hybridized carbons (Fsp3) is 0.368. The second-order valence-electron chi connectivity index (χ2n) is 5.80. The molecule has 0 radical (unpaired) electrons. The Morgan fingerprint density at radius 3 is 2.18 bits per heavy atom. The van der Waals surface area contributed by atoms with E-state index in [9.17, 15) is 5.11 Å². The van der Waals surface area contributed by atoms with Gasteiger partial charge in [-0.25, -0.2) is 0 Å². The van der Waals surface area contributed by atoms with Gasteiger partial charge in [-0.15, -0.1) is 0 Å². The molecule has 0 heterocycles. The molecular formula is C19H25NOS. The van der Waals surface area contributed by atoms with Gasteiger partial charge >= 0.3 is 0 Å². The van der Waals surface area contributed by atoms with Crippen LogP contribution in [0.5, 0.6) is 0 Å². The van der Waals surface area contributed by atoms with E-state index >= 15 is 0 Å². The second kappa shape index (κ2) is 8.99. The van der Waals surface area contributed by atoms with Gasteiger partial charge in [0.1, 0.15) is 0 Å². The van der Waals surface area contributed by atoms with Crippen molar-refractivity contribution < 1.29 is 5.11 Å². The van der Waals surface area contributed by atoms with Crippen molar-refractivity contribution >= 4 is 11.8 Å². The highest BCUT2D eigenvalue weighted by Gasteiger charge is 2.07. The molecule has 0 aromatic heterocycles. The molecule has 0 bridgehead atoms. The molecule has 1 unspecified atom stereocenters. The number of hydrogen-bond donors (Lipinski definition) is 1. The smallest absolute Gasteiger partial charge is 0.0790 e. The number of unbranched alkanes of at least 4 members (excludes halogenated alkanes) is 1. The standard InChI is InChI=1S/C19H25NOS/c1-20(2)15-7-6-10-19(21)16-11-13-18(14-12-16)22-17-8-4-3-5-9-17/h3-5,8-9,11-14,19,21H,6-7,10,15H2,1-2H3. The monoisotopic (exact) mass is 315 g/mol. The average molecular weight is 315 g/mol. The van der Waals surface area contributed by atoms with Gasteiger partial charge in [-0.1, -0.05) is 42.1 Å². The van der Waals surface area contributed by atoms with E-state index in [4.69, 9.17) is 0 Å². The van der Waals surface area contributed by atoms with Crippen molar-refractivity contribution in [1.29, 1.82) is 0 Å². The van der Waals surface area contributed by atoms with Gasteiger partial charge in [0.05, 0.1) is 6.10 Å². The van der Waals surface area contributed by atoms with Crippen LogP contribution >= 0.6 is 11.8 Å². The maximum absolute atomic E-state index is 10.2. The van der Waals surface area contributed by atoms with Crippen molar-refractivity contribution in [3.63, 3.8) is 0 Å². The highest BCUT2D eigenvalue weighted by Crippen LogP contribution is 2.29. The molecule has 0 aliphatic rings. The van der Waals surface area contributed by atoms with Crippen LogP contribution in [-0.4, -0.2) is 30.6 Å². The van der Waals surface area contributed by atoms with Crippen LogP contribution in [0.2, 0.25) is 0 Å². The molecule has 0 aliphatic carbocycles. The van der Waals surface area contributed by atoms with Crippen molar-refractivity contribution in [2.24, 2.45) is 0 Å². The summed E-state index contributed by atoms with van der Waals surface area (Å²) in [4.78, 5) is 4.62. The average Bonchev–Trinajstić information content (AvgIpc) is 2.53. The fourth-order valence-corrected chi connectivity index (χ4v) is 3.15. The summed E-state index contributed by atoms with van der Waals surface area (Å²) in [7, 11) is 4.17. The molecule has 0 saturated carbocycles. The van der Waals surface area contributed by atoms with Crippen molar-refractivity contribution in [1.82, 2.24) is 4.90 Å². The summed E-state index contributed by atoms with van der Waals surface area (Å²) in [5.41, 5.74) is 1.02. The van der Waals surface area contributed by atoms with Gasteiger partial charge in [0, 0.05) is 9.79 Å². The van der Waals surface area contributed by atoms with Crippen LogP contribution in [0.4, 0.5) is 0 Å². The maximum Gasteiger partial charge on any atom is 0.0790 e. The van der Waals surface area contributed by atoms with Gasteiger partial charge < -0.3 is 10.0 Å². The lowest BCUT2D eigenvalue weighted by Gasteiger charge is -2.13. The maximum atomic E-state index is 10.2. The molecule has 0 saturated heterocycles. The van der Waals surface area contributed by atoms with E-state index in [0.29, 0.717) is 0 Å². The third kappa shape index (κ3) is 5.84. The van der Waals surface area contributed by atoms with E-state index < -0.39 is 0 Å². The van der Waals surface area contributed by atoms with Gasteiger partial charge in [-0.2, -0.15) is 0 Å². The Balaban J connectivity index is 1.83. The lowest BCUT2D eigenvalue weighted by Crippen LogP contribution is -2.13. The molecule has 1 N–H and O–H groups in total. The lowest BCUT2D eigenvalue weighted by molar-refractivity contribution is 0.162. The number of aliphatic hydroxyl groups is 1. The summed E-state index contributed by atoms with van der Waals surface area (Å²) in [6.07, 6.45) is 2.67. The van der Waals surface area contributed by atoms with Crippen LogP contribution in [-0.2, 0) is 0 Å². The molecule has 2 nitrogen and oxygen atoms in total. The van der Waals surface area contributed by atoms with E-state index in [1.54, 1.807) is 11.8 Å². The zero-order valence-corrected chi connectivity index (χ0v) is 14.2. The minimum atomic E-state index is -0.349. The molecule has 0 fully saturated rings. The molecule has 2 aromatic rings. The molecule has 22 heavy (non-hydrogen) atoms. The minimum Gasteiger partial charge on any atom is -0.388 e. The summed E-state index contributed by atoms with van der Waals surface area (Å²) < 4.78 is 0. The minimum absolute atomic E-state index is 0.349. The largest absolute Gasteiger partial charge is 0.388 e. The van der Waals surface area contributed by atoms with Crippen molar-refractivity contribution in [2.75, 3.05) is 20.6 Å². The topological polar surface area (TPSA) is 23.5 Å². The Bertz CT molecular complexity index is 539. The molecule has 2 aromatic carbocycles. The van der Waals surface area contributed by atoms with Crippen molar-refractivity contribution in [2.45, 2.75) is 35.2 Å². The number of hydrogen-bond acceptors (Lipinski definition) is 3. The SMILES string of the molecule is CN(C)CCCCC(O)c1ccc(Sc2ccccc2)cc1. The van der Waals surface area contributed by atoms with Crippen molar-refractivity contribution in [3.8, 4) is 0 Å². The summed E-state index contributed by atoms with van der Waals surface area (Å²) in [6.45, 7) is 1.08. The second-order valence-corrected chi connectivity index (χ2v) is 6.95. The Hall–Kier alpha value is -1.29. The normalized spacial score (nSPS) is 12.5. The first kappa shape index (κ1) is 17.1. The Kier molecular flexibility index (Phi) is 6.97. The first-order valence-electron chi connectivity index (χ1n) is 7.81. The number of benzene rings is 2. The molecule has 0 spiro atoms. The van der Waals surface area contributed by atoms with Crippen molar-refractivity contribution in [3.05, 3.63) is 60.2 Å². The lowest BCUT2D eigenvalue weighted by atomic mass is 10.0. The summed E-state index contributed by atoms with van der Waals surface area (Å²) in [5, 5.41) is 10.2. The quantitative estimate of drug-likeness (QED) is 0.720. The molecule has 2 rings (SSSR count). The van der Waals surface area contributed by atoms with Gasteiger partial charge in [0.15, 0.2) is 0 Å². The van der Waals surface area contributed by atoms with Gasteiger partial charge in [-0.3, -0.25) is 0 Å². The van der Waals surface area contributed by atoms with Gasteiger partial charge in [-0.05, 0) is 69.7 Å². The zero-order chi connectivity index (χ0) is 15.8. The predicted octanol–water partition coefficient (Wildman–Crippen LogP) is 4.60. The molecular weight excluding hydrogens is 290 g/mol. The third-order valence-electron chi connectivity index (χ3n) is 3.58. The zero-order valence-electron chi connectivity index (χ0n) is 13.4. The van der Waals surface area contributed by atoms with E-state index in [0.717, 1.165) is 31.4 Å². The molecule has 3 heteroatoms. The molecule has 118 valence electrons. The van der Waals surface area contributed by atoms with Gasteiger partial charge in [0.2, 0.25) is 0 Å². The summed E-state index contributed by atoms with van der Waals surface area (Å²) in [5.74, 6) is 0. The molecule has 0 aliphatic heterocycles. The first-order valence-corrected chi connectivity index (χ1v) is 8.62. The van der Waals surface area contributed by atoms with Gasteiger partial charge in [0.25, 0.3) is 0 Å². The highest BCUT2D eigenvalue weighted by molar-refractivity contribution is 7.99. The molecule has 0 amide bonds. The van der Waals surface area contributed by atoms with Crippen LogP contribution in [0.3, 0.4) is 0 Å². The van der Waals surface area contributed by atoms with Crippen LogP contribution in [0.15, 0.2) is 64.4 Å². The first-order chi connectivity index (χ1) is 10.6. The Morgan fingerprint density at radius 1 is 0.909 bits per heavy atom. The summed E-state index contributed by atoms with van der Waals surface area (Å²) >= 11 is 1.75. The van der Waals surface area contributed by atoms with Crippen LogP contribution < -0.4 is 0 Å². The predicted molar refractivity (Wildman–Crippen MR) is 94.4 cm³/mol. The Morgan fingerprint density at radius 2 is 1.55 bits per heavy atom. The fourth-order valence-electron chi connectivity index (χ4n) is 2.32. The van der Waals surface area contributed by atoms with Crippen LogP contribution in [0.1, 0.15) is 30.9 Å². The summed E-state index contributed by atoms with van der Waals surface area (Å²) in [6, 6.07) is 18.6. The number of nitrogens with zero attached hydrogens (tertiary/aromatic N) is 1. The number of aliphatic hydroxyl groups excluding tert-OH is 1. The van der Waals surface area contributed by atoms with E-state index in [1.807, 2.05) is 30.3 Å². The van der Waals surface area contributed by atoms with E-state index in [2.05, 4.69) is 43.3 Å². The number of rotatable bonds is 8. The van der Waals surface area contributed by atoms with Crippen LogP contribution in [0.25, 0.3) is 0 Å². The highest BCUT2D eigenvalue weighted by atomic mass is 32.2. The molecule has 1 atom stereocenters. The Labute approximate surface area is 138 Å². The van der Waals surface area contributed by atoms with E-state index in [1.165, 1.54) is 9.79 Å². The van der Waals surface area contributed by atoms with E-state index in [-0.39, 0.29) is 6.10 Å². The van der Waals surface area contributed by atoms with Crippen LogP contribution in [0, 0.1) is 0 Å².